The van der Waals surface area contributed by atoms with E-state index in [0.717, 1.165) is 21.5 Å². The molecule has 0 spiro atoms. The maximum absolute atomic E-state index is 13.4. The molecule has 0 aliphatic carbocycles. The largest absolute Gasteiger partial charge is 0.475 e. The van der Waals surface area contributed by atoms with Gasteiger partial charge in [0.15, 0.2) is 11.4 Å². The van der Waals surface area contributed by atoms with Crippen LogP contribution in [0.4, 0.5) is 26.3 Å². The Hall–Kier alpha value is -4.49. The quantitative estimate of drug-likeness (QED) is 0.227. The lowest BCUT2D eigenvalue weighted by Crippen LogP contribution is -2.15. The van der Waals surface area contributed by atoms with Gasteiger partial charge in [0.2, 0.25) is 17.7 Å². The molecule has 224 valence electrons. The summed E-state index contributed by atoms with van der Waals surface area (Å²) in [4.78, 5) is 12.2. The Labute approximate surface area is 236 Å². The molecule has 0 aliphatic heterocycles. The van der Waals surface area contributed by atoms with E-state index >= 15 is 0 Å². The van der Waals surface area contributed by atoms with Crippen LogP contribution in [0, 0.1) is 0 Å². The number of rotatable bonds is 9. The monoisotopic (exact) mass is 595 g/mol. The fraction of sp³-hybridized carbons (Fsp3) is 0.321. The minimum atomic E-state index is -4.71. The molecule has 8 nitrogen and oxygen atoms in total. The average molecular weight is 596 g/mol. The molecule has 4 rings (SSSR count). The van der Waals surface area contributed by atoms with Crippen molar-refractivity contribution in [3.05, 3.63) is 82.7 Å². The first-order chi connectivity index (χ1) is 19.5. The third kappa shape index (κ3) is 6.86. The molecule has 42 heavy (non-hydrogen) atoms. The van der Waals surface area contributed by atoms with Gasteiger partial charge in [-0.1, -0.05) is 12.1 Å². The molecular formula is C28H27F6N5O3. The number of amides is 1. The molecular weight excluding hydrogens is 568 g/mol. The van der Waals surface area contributed by atoms with E-state index in [1.165, 1.54) is 30.3 Å². The van der Waals surface area contributed by atoms with Gasteiger partial charge in [-0.3, -0.25) is 4.79 Å². The molecule has 0 saturated carbocycles. The second-order valence-corrected chi connectivity index (χ2v) is 9.94. The van der Waals surface area contributed by atoms with Crippen molar-refractivity contribution in [2.75, 3.05) is 0 Å². The summed E-state index contributed by atoms with van der Waals surface area (Å²) < 4.78 is 93.2. The fourth-order valence-electron chi connectivity index (χ4n) is 4.10. The standard InChI is InChI=1S/C28H27F6N5O3/c1-15(2)41-24-13-22(27(29,30)31)36-38(24)19-7-5-17(6-8-19)11-18-12-20(9-10-21(18)26(35)40)39-25(42-16(3)4)14-23(37-39)28(32,33)34/h5-10,12-16H,11H2,1-4H3,(H2,35,40). The molecule has 2 N–H and O–H groups in total. The maximum Gasteiger partial charge on any atom is 0.435 e. The fourth-order valence-corrected chi connectivity index (χ4v) is 4.10. The average Bonchev–Trinajstić information content (AvgIpc) is 3.48. The van der Waals surface area contributed by atoms with Gasteiger partial charge in [0, 0.05) is 17.7 Å². The molecule has 2 heterocycles. The number of hydrogen-bond donors (Lipinski definition) is 1. The Morgan fingerprint density at radius 1 is 0.762 bits per heavy atom. The number of nitrogens with zero attached hydrogens (tertiary/aromatic N) is 4. The van der Waals surface area contributed by atoms with Crippen LogP contribution in [-0.2, 0) is 18.8 Å². The second-order valence-electron chi connectivity index (χ2n) is 9.94. The minimum Gasteiger partial charge on any atom is -0.475 e. The Kier molecular flexibility index (Phi) is 8.28. The van der Waals surface area contributed by atoms with Crippen LogP contribution in [0.15, 0.2) is 54.6 Å². The van der Waals surface area contributed by atoms with Gasteiger partial charge >= 0.3 is 12.4 Å². The van der Waals surface area contributed by atoms with E-state index in [9.17, 15) is 31.1 Å². The summed E-state index contributed by atoms with van der Waals surface area (Å²) in [5, 5.41) is 7.32. The number of aromatic nitrogens is 4. The van der Waals surface area contributed by atoms with Crippen LogP contribution in [0.2, 0.25) is 0 Å². The van der Waals surface area contributed by atoms with Gasteiger partial charge in [0.1, 0.15) is 0 Å². The second kappa shape index (κ2) is 11.4. The highest BCUT2D eigenvalue weighted by Crippen LogP contribution is 2.34. The Balaban J connectivity index is 1.70. The zero-order valence-corrected chi connectivity index (χ0v) is 22.9. The summed E-state index contributed by atoms with van der Waals surface area (Å²) in [6.45, 7) is 6.65. The van der Waals surface area contributed by atoms with Crippen molar-refractivity contribution in [3.8, 4) is 23.1 Å². The molecule has 0 unspecified atom stereocenters. The predicted octanol–water partition coefficient (Wildman–Crippen LogP) is 6.36. The van der Waals surface area contributed by atoms with Crippen molar-refractivity contribution in [2.24, 2.45) is 5.73 Å². The Morgan fingerprint density at radius 3 is 1.64 bits per heavy atom. The topological polar surface area (TPSA) is 97.2 Å². The molecule has 0 radical (unpaired) electrons. The summed E-state index contributed by atoms with van der Waals surface area (Å²) >= 11 is 0. The van der Waals surface area contributed by atoms with E-state index in [-0.39, 0.29) is 29.4 Å². The zero-order chi connectivity index (χ0) is 31.0. The van der Waals surface area contributed by atoms with Crippen molar-refractivity contribution in [1.29, 1.82) is 0 Å². The van der Waals surface area contributed by atoms with Crippen LogP contribution in [0.3, 0.4) is 0 Å². The van der Waals surface area contributed by atoms with Crippen LogP contribution < -0.4 is 15.2 Å². The number of alkyl halides is 6. The zero-order valence-electron chi connectivity index (χ0n) is 22.9. The Bertz CT molecular complexity index is 1570. The van der Waals surface area contributed by atoms with Gasteiger partial charge in [-0.15, -0.1) is 0 Å². The highest BCUT2D eigenvalue weighted by molar-refractivity contribution is 5.94. The van der Waals surface area contributed by atoms with Crippen LogP contribution >= 0.6 is 0 Å². The first-order valence-corrected chi connectivity index (χ1v) is 12.7. The summed E-state index contributed by atoms with van der Waals surface area (Å²) in [6, 6.07) is 12.2. The lowest BCUT2D eigenvalue weighted by molar-refractivity contribution is -0.142. The highest BCUT2D eigenvalue weighted by atomic mass is 19.4. The number of nitrogens with two attached hydrogens (primary N) is 1. The third-order valence-electron chi connectivity index (χ3n) is 5.82. The minimum absolute atomic E-state index is 0.0920. The number of carbonyl (C=O) groups excluding carboxylic acids is 1. The van der Waals surface area contributed by atoms with Crippen molar-refractivity contribution >= 4 is 5.91 Å². The molecule has 2 aromatic carbocycles. The van der Waals surface area contributed by atoms with E-state index in [1.807, 2.05) is 0 Å². The maximum atomic E-state index is 13.4. The summed E-state index contributed by atoms with van der Waals surface area (Å²) in [5.41, 5.74) is 4.93. The molecule has 0 atom stereocenters. The first kappa shape index (κ1) is 30.5. The van der Waals surface area contributed by atoms with Gasteiger partial charge in [0.05, 0.1) is 23.6 Å². The van der Waals surface area contributed by atoms with Crippen LogP contribution in [-0.4, -0.2) is 37.7 Å². The van der Waals surface area contributed by atoms with E-state index < -0.39 is 41.9 Å². The van der Waals surface area contributed by atoms with Crippen LogP contribution in [0.5, 0.6) is 11.8 Å². The van der Waals surface area contributed by atoms with Gasteiger partial charge in [0.25, 0.3) is 0 Å². The van der Waals surface area contributed by atoms with Gasteiger partial charge in [-0.05, 0) is 75.6 Å². The van der Waals surface area contributed by atoms with Crippen molar-refractivity contribution < 1.29 is 40.6 Å². The smallest absolute Gasteiger partial charge is 0.435 e. The van der Waals surface area contributed by atoms with E-state index in [4.69, 9.17) is 15.2 Å². The normalized spacial score (nSPS) is 12.3. The highest BCUT2D eigenvalue weighted by Gasteiger charge is 2.37. The molecule has 4 aromatic rings. The number of carbonyl (C=O) groups is 1. The summed E-state index contributed by atoms with van der Waals surface area (Å²) in [5.74, 6) is -0.989. The molecule has 0 saturated heterocycles. The molecule has 14 heteroatoms. The lowest BCUT2D eigenvalue weighted by atomic mass is 9.98. The van der Waals surface area contributed by atoms with Crippen molar-refractivity contribution in [1.82, 2.24) is 19.6 Å². The van der Waals surface area contributed by atoms with Gasteiger partial charge in [-0.25, -0.2) is 9.36 Å². The first-order valence-electron chi connectivity index (χ1n) is 12.7. The molecule has 0 fully saturated rings. The van der Waals surface area contributed by atoms with Crippen LogP contribution in [0.1, 0.15) is 60.6 Å². The van der Waals surface area contributed by atoms with Gasteiger partial charge in [-0.2, -0.15) is 36.5 Å². The van der Waals surface area contributed by atoms with E-state index in [0.29, 0.717) is 16.8 Å². The SMILES string of the molecule is CC(C)Oc1cc(C(F)(F)F)nn1-c1ccc(Cc2cc(-n3nc(C(F)(F)F)cc3OC(C)C)ccc2C(N)=O)cc1. The summed E-state index contributed by atoms with van der Waals surface area (Å²) in [7, 11) is 0. The Morgan fingerprint density at radius 2 is 1.21 bits per heavy atom. The molecule has 1 amide bonds. The third-order valence-corrected chi connectivity index (χ3v) is 5.82. The summed E-state index contributed by atoms with van der Waals surface area (Å²) in [6.07, 6.45) is -10.1. The molecule has 0 aliphatic rings. The van der Waals surface area contributed by atoms with Crippen molar-refractivity contribution in [2.45, 2.75) is 58.7 Å². The van der Waals surface area contributed by atoms with E-state index in [2.05, 4.69) is 10.2 Å². The van der Waals surface area contributed by atoms with Crippen LogP contribution in [0.25, 0.3) is 11.4 Å². The number of ether oxygens (including phenoxy) is 2. The number of halogens is 6. The predicted molar refractivity (Wildman–Crippen MR) is 140 cm³/mol. The number of hydrogen-bond acceptors (Lipinski definition) is 5. The number of benzene rings is 2. The number of primary amides is 1. The van der Waals surface area contributed by atoms with Gasteiger partial charge < -0.3 is 15.2 Å². The van der Waals surface area contributed by atoms with Crippen molar-refractivity contribution in [3.63, 3.8) is 0 Å². The lowest BCUT2D eigenvalue weighted by Gasteiger charge is -2.15. The van der Waals surface area contributed by atoms with E-state index in [1.54, 1.807) is 39.8 Å². The molecule has 0 bridgehead atoms. The molecule has 2 aromatic heterocycles.